The highest BCUT2D eigenvalue weighted by Gasteiger charge is 3.01. The molecule has 0 aromatic heterocycles. The van der Waals surface area contributed by atoms with Gasteiger partial charge in [-0.2, -0.15) is 10.5 Å². The SMILES string of the molecule is CC[C@@]1(C)[C@]2(C#N)C(N)=[NH+]C(OC)(OC)[C@]12C#N. The average Bonchev–Trinajstić information content (AvgIpc) is 2.80. The van der Waals surface area contributed by atoms with Crippen molar-refractivity contribution in [1.29, 1.82) is 10.5 Å². The first-order valence-corrected chi connectivity index (χ1v) is 5.77. The summed E-state index contributed by atoms with van der Waals surface area (Å²) in [5.41, 5.74) is 3.17. The topological polar surface area (TPSA) is 106 Å². The van der Waals surface area contributed by atoms with Crippen LogP contribution in [0.1, 0.15) is 20.3 Å². The number of nitrogens with zero attached hydrogens (tertiary/aromatic N) is 2. The third kappa shape index (κ3) is 0.754. The summed E-state index contributed by atoms with van der Waals surface area (Å²) in [6.07, 6.45) is 0.630. The van der Waals surface area contributed by atoms with Crippen LogP contribution in [0.5, 0.6) is 0 Å². The van der Waals surface area contributed by atoms with Gasteiger partial charge in [-0.25, -0.2) is 4.99 Å². The Hall–Kier alpha value is -1.63. The number of rotatable bonds is 3. The minimum absolute atomic E-state index is 0.250. The van der Waals surface area contributed by atoms with E-state index in [9.17, 15) is 10.5 Å². The van der Waals surface area contributed by atoms with E-state index in [2.05, 4.69) is 17.1 Å². The lowest BCUT2D eigenvalue weighted by molar-refractivity contribution is -0.689. The molecular weight excluding hydrogens is 232 g/mol. The molecule has 0 amide bonds. The second-order valence-corrected chi connectivity index (χ2v) is 4.97. The second-order valence-electron chi connectivity index (χ2n) is 4.97. The van der Waals surface area contributed by atoms with Crippen LogP contribution >= 0.6 is 0 Å². The molecule has 0 aromatic rings. The standard InChI is InChI=1S/C12H16N4O2/c1-5-9(2)10(6-13)8(15)16-12(17-3,18-4)11(9,10)7-14/h5H2,1-4H3,(H2,15,16)/p+1/t9-,10-,11+/m0/s1. The van der Waals surface area contributed by atoms with E-state index < -0.39 is 22.2 Å². The van der Waals surface area contributed by atoms with Crippen molar-refractivity contribution in [3.63, 3.8) is 0 Å². The van der Waals surface area contributed by atoms with Gasteiger partial charge in [-0.05, 0) is 6.42 Å². The Labute approximate surface area is 106 Å². The predicted molar refractivity (Wildman–Crippen MR) is 61.4 cm³/mol. The van der Waals surface area contributed by atoms with Crippen LogP contribution in [0.15, 0.2) is 0 Å². The van der Waals surface area contributed by atoms with Gasteiger partial charge >= 0.3 is 5.91 Å². The maximum absolute atomic E-state index is 9.68. The highest BCUT2D eigenvalue weighted by Crippen LogP contribution is 2.83. The van der Waals surface area contributed by atoms with E-state index in [-0.39, 0.29) is 5.84 Å². The molecule has 1 saturated carbocycles. The number of nitrogens with two attached hydrogens (primary N) is 1. The quantitative estimate of drug-likeness (QED) is 0.613. The first-order valence-electron chi connectivity index (χ1n) is 5.77. The van der Waals surface area contributed by atoms with Crippen molar-refractivity contribution in [3.05, 3.63) is 0 Å². The van der Waals surface area contributed by atoms with Crippen molar-refractivity contribution in [2.75, 3.05) is 14.2 Å². The van der Waals surface area contributed by atoms with Gasteiger partial charge in [0.15, 0.2) is 10.8 Å². The Morgan fingerprint density at radius 3 is 2.11 bits per heavy atom. The zero-order valence-electron chi connectivity index (χ0n) is 11.0. The third-order valence-electron chi connectivity index (χ3n) is 4.97. The number of nitrogens with one attached hydrogen (secondary N) is 1. The van der Waals surface area contributed by atoms with Crippen molar-refractivity contribution >= 4 is 5.84 Å². The molecule has 1 aliphatic heterocycles. The van der Waals surface area contributed by atoms with Crippen molar-refractivity contribution < 1.29 is 14.5 Å². The summed E-state index contributed by atoms with van der Waals surface area (Å²) >= 11 is 0. The van der Waals surface area contributed by atoms with E-state index in [0.717, 1.165) is 0 Å². The van der Waals surface area contributed by atoms with Crippen LogP contribution in [0.25, 0.3) is 0 Å². The normalized spacial score (nSPS) is 43.6. The molecule has 2 rings (SSSR count). The van der Waals surface area contributed by atoms with E-state index >= 15 is 0 Å². The zero-order valence-corrected chi connectivity index (χ0v) is 11.0. The van der Waals surface area contributed by atoms with Crippen molar-refractivity contribution in [2.45, 2.75) is 26.2 Å². The summed E-state index contributed by atoms with van der Waals surface area (Å²) in [4.78, 5) is 2.84. The second kappa shape index (κ2) is 3.23. The first-order chi connectivity index (χ1) is 8.43. The molecule has 0 bridgehead atoms. The maximum Gasteiger partial charge on any atom is 0.342 e. The molecule has 3 N–H and O–H groups in total. The van der Waals surface area contributed by atoms with Gasteiger partial charge in [0.05, 0.1) is 12.1 Å². The fourth-order valence-corrected chi connectivity index (χ4v) is 3.83. The van der Waals surface area contributed by atoms with Gasteiger partial charge in [-0.15, -0.1) is 0 Å². The Bertz CT molecular complexity index is 513. The van der Waals surface area contributed by atoms with E-state index in [0.29, 0.717) is 6.42 Å². The fourth-order valence-electron chi connectivity index (χ4n) is 3.83. The minimum Gasteiger partial charge on any atom is -0.317 e. The van der Waals surface area contributed by atoms with Gasteiger partial charge in [0, 0.05) is 19.6 Å². The number of hydrogen-bond donors (Lipinski definition) is 2. The lowest BCUT2D eigenvalue weighted by Crippen LogP contribution is -2.91. The summed E-state index contributed by atoms with van der Waals surface area (Å²) in [5, 5.41) is 19.2. The van der Waals surface area contributed by atoms with Crippen LogP contribution in [-0.2, 0) is 9.47 Å². The van der Waals surface area contributed by atoms with E-state index in [1.807, 2.05) is 13.8 Å². The van der Waals surface area contributed by atoms with Gasteiger partial charge in [0.25, 0.3) is 5.84 Å². The minimum atomic E-state index is -1.37. The molecule has 18 heavy (non-hydrogen) atoms. The summed E-state index contributed by atoms with van der Waals surface area (Å²) < 4.78 is 10.8. The van der Waals surface area contributed by atoms with Gasteiger partial charge in [0.1, 0.15) is 0 Å². The lowest BCUT2D eigenvalue weighted by Gasteiger charge is -2.29. The monoisotopic (exact) mass is 249 g/mol. The van der Waals surface area contributed by atoms with Crippen molar-refractivity contribution in [2.24, 2.45) is 22.0 Å². The van der Waals surface area contributed by atoms with Gasteiger partial charge in [0.2, 0.25) is 0 Å². The number of ether oxygens (including phenoxy) is 2. The molecule has 6 heteroatoms. The summed E-state index contributed by atoms with van der Waals surface area (Å²) in [5.74, 6) is -1.12. The summed E-state index contributed by atoms with van der Waals surface area (Å²) in [7, 11) is 2.87. The van der Waals surface area contributed by atoms with Gasteiger partial charge < -0.3 is 9.47 Å². The molecule has 1 fully saturated rings. The number of methoxy groups -OCH3 is 2. The molecule has 0 unspecified atom stereocenters. The number of amidine groups is 1. The number of nitriles is 2. The van der Waals surface area contributed by atoms with E-state index in [4.69, 9.17) is 15.2 Å². The Balaban J connectivity index is 2.77. The predicted octanol–water partition coefficient (Wildman–Crippen LogP) is -1.17. The van der Waals surface area contributed by atoms with Gasteiger partial charge in [-0.3, -0.25) is 5.73 Å². The molecule has 1 aliphatic carbocycles. The maximum atomic E-state index is 9.68. The smallest absolute Gasteiger partial charge is 0.317 e. The van der Waals surface area contributed by atoms with Crippen LogP contribution in [0.3, 0.4) is 0 Å². The first kappa shape index (κ1) is 12.8. The van der Waals surface area contributed by atoms with Crippen LogP contribution < -0.4 is 10.7 Å². The van der Waals surface area contributed by atoms with Crippen molar-refractivity contribution in [3.8, 4) is 12.1 Å². The molecular formula is C12H17N4O2+. The number of fused-ring (bicyclic) bond motifs is 1. The Morgan fingerprint density at radius 1 is 1.28 bits per heavy atom. The molecule has 6 nitrogen and oxygen atoms in total. The Kier molecular flexibility index (Phi) is 2.30. The molecule has 3 atom stereocenters. The van der Waals surface area contributed by atoms with Gasteiger partial charge in [-0.1, -0.05) is 13.8 Å². The highest BCUT2D eigenvalue weighted by atomic mass is 16.7. The largest absolute Gasteiger partial charge is 0.342 e. The molecule has 2 aliphatic rings. The van der Waals surface area contributed by atoms with Crippen LogP contribution in [0, 0.1) is 38.9 Å². The molecule has 1 heterocycles. The molecule has 0 aromatic carbocycles. The molecule has 96 valence electrons. The van der Waals surface area contributed by atoms with E-state index in [1.54, 1.807) is 0 Å². The molecule has 0 radical (unpaired) electrons. The summed E-state index contributed by atoms with van der Waals surface area (Å²) in [6, 6.07) is 4.45. The summed E-state index contributed by atoms with van der Waals surface area (Å²) in [6.45, 7) is 3.81. The van der Waals surface area contributed by atoms with Crippen LogP contribution in [0.2, 0.25) is 0 Å². The Morgan fingerprint density at radius 2 is 1.83 bits per heavy atom. The van der Waals surface area contributed by atoms with E-state index in [1.165, 1.54) is 14.2 Å². The molecule has 0 saturated heterocycles. The van der Waals surface area contributed by atoms with Crippen LogP contribution in [0.4, 0.5) is 0 Å². The fraction of sp³-hybridized carbons (Fsp3) is 0.750. The van der Waals surface area contributed by atoms with Crippen molar-refractivity contribution in [1.82, 2.24) is 0 Å². The molecule has 0 spiro atoms. The lowest BCUT2D eigenvalue weighted by atomic mass is 9.89. The highest BCUT2D eigenvalue weighted by molar-refractivity contribution is 5.94. The average molecular weight is 249 g/mol. The van der Waals surface area contributed by atoms with Crippen LogP contribution in [-0.4, -0.2) is 26.0 Å². The zero-order chi connectivity index (χ0) is 13.8. The number of hydrogen-bond acceptors (Lipinski definition) is 5. The third-order valence-corrected chi connectivity index (χ3v) is 4.97.